The number of hydrogen-bond acceptors (Lipinski definition) is 5. The van der Waals surface area contributed by atoms with Crippen LogP contribution in [0.2, 0.25) is 5.02 Å². The topological polar surface area (TPSA) is 92.8 Å². The number of nitrogens with zero attached hydrogens (tertiary/aromatic N) is 1. The second-order valence-corrected chi connectivity index (χ2v) is 9.68. The van der Waals surface area contributed by atoms with Crippen molar-refractivity contribution in [2.24, 2.45) is 0 Å². The van der Waals surface area contributed by atoms with E-state index in [4.69, 9.17) is 16.3 Å². The molecule has 7 nitrogen and oxygen atoms in total. The Balaban J connectivity index is 1.50. The van der Waals surface area contributed by atoms with E-state index in [-0.39, 0.29) is 17.4 Å². The van der Waals surface area contributed by atoms with Gasteiger partial charge in [0.1, 0.15) is 0 Å². The number of esters is 1. The van der Waals surface area contributed by atoms with Crippen LogP contribution in [0, 0.1) is 0 Å². The third-order valence-electron chi connectivity index (χ3n) is 5.25. The molecule has 1 aliphatic rings. The minimum absolute atomic E-state index is 0.160. The van der Waals surface area contributed by atoms with Gasteiger partial charge in [-0.25, -0.2) is 13.2 Å². The normalized spacial score (nSPS) is 12.8. The van der Waals surface area contributed by atoms with Gasteiger partial charge in [0, 0.05) is 22.8 Å². The van der Waals surface area contributed by atoms with E-state index in [0.717, 1.165) is 5.56 Å². The van der Waals surface area contributed by atoms with Crippen LogP contribution in [0.25, 0.3) is 0 Å². The molecule has 0 saturated carbocycles. The van der Waals surface area contributed by atoms with E-state index in [1.54, 1.807) is 49.4 Å². The van der Waals surface area contributed by atoms with Crippen LogP contribution >= 0.6 is 11.6 Å². The smallest absolute Gasteiger partial charge is 0.338 e. The number of ether oxygens (including phenoxy) is 1. The van der Waals surface area contributed by atoms with Gasteiger partial charge in [0.25, 0.3) is 15.9 Å². The zero-order valence-electron chi connectivity index (χ0n) is 17.7. The zero-order valence-corrected chi connectivity index (χ0v) is 19.3. The molecule has 0 fully saturated rings. The minimum Gasteiger partial charge on any atom is -0.462 e. The molecule has 3 aromatic carbocycles. The lowest BCUT2D eigenvalue weighted by atomic mass is 10.1. The quantitative estimate of drug-likeness (QED) is 0.519. The van der Waals surface area contributed by atoms with Crippen molar-refractivity contribution in [1.82, 2.24) is 0 Å². The van der Waals surface area contributed by atoms with Crippen LogP contribution in [0.1, 0.15) is 33.2 Å². The second-order valence-electron chi connectivity index (χ2n) is 7.38. The van der Waals surface area contributed by atoms with Gasteiger partial charge in [-0.15, -0.1) is 0 Å². The lowest BCUT2D eigenvalue weighted by Gasteiger charge is -2.19. The number of carbonyl (C=O) groups is 2. The van der Waals surface area contributed by atoms with Gasteiger partial charge in [-0.2, -0.15) is 0 Å². The number of benzene rings is 3. The monoisotopic (exact) mass is 484 g/mol. The molecule has 1 aliphatic heterocycles. The van der Waals surface area contributed by atoms with Crippen LogP contribution in [-0.4, -0.2) is 33.4 Å². The average molecular weight is 485 g/mol. The van der Waals surface area contributed by atoms with E-state index >= 15 is 0 Å². The third kappa shape index (κ3) is 4.72. The maximum absolute atomic E-state index is 13.1. The molecular formula is C24H21ClN2O5S. The van der Waals surface area contributed by atoms with Crippen LogP contribution in [0.15, 0.2) is 71.6 Å². The average Bonchev–Trinajstić information content (AvgIpc) is 3.24. The molecule has 4 rings (SSSR count). The molecule has 170 valence electrons. The first-order chi connectivity index (χ1) is 15.8. The van der Waals surface area contributed by atoms with Crippen LogP contribution in [0.3, 0.4) is 0 Å². The van der Waals surface area contributed by atoms with Crippen molar-refractivity contribution in [3.8, 4) is 0 Å². The predicted molar refractivity (Wildman–Crippen MR) is 126 cm³/mol. The summed E-state index contributed by atoms with van der Waals surface area (Å²) < 4.78 is 32.4. The SMILES string of the molecule is CCOC(=O)c1ccc(NC(=O)c2ccc3c(c2)CCN3S(=O)(=O)c2ccc(Cl)cc2)cc1. The number of anilines is 2. The maximum Gasteiger partial charge on any atom is 0.338 e. The van der Waals surface area contributed by atoms with E-state index < -0.39 is 16.0 Å². The Hall–Kier alpha value is -3.36. The third-order valence-corrected chi connectivity index (χ3v) is 7.33. The van der Waals surface area contributed by atoms with Gasteiger partial charge < -0.3 is 10.1 Å². The summed E-state index contributed by atoms with van der Waals surface area (Å²) in [5.41, 5.74) is 2.67. The number of hydrogen-bond donors (Lipinski definition) is 1. The highest BCUT2D eigenvalue weighted by atomic mass is 35.5. The largest absolute Gasteiger partial charge is 0.462 e. The molecule has 9 heteroatoms. The van der Waals surface area contributed by atoms with E-state index in [0.29, 0.717) is 40.5 Å². The molecule has 0 radical (unpaired) electrons. The molecule has 0 saturated heterocycles. The van der Waals surface area contributed by atoms with Crippen molar-refractivity contribution >= 4 is 44.9 Å². The predicted octanol–water partition coefficient (Wildman–Crippen LogP) is 4.52. The lowest BCUT2D eigenvalue weighted by molar-refractivity contribution is 0.0526. The summed E-state index contributed by atoms with van der Waals surface area (Å²) in [6.07, 6.45) is 0.498. The number of nitrogens with one attached hydrogen (secondary N) is 1. The molecule has 0 atom stereocenters. The van der Waals surface area contributed by atoms with Crippen molar-refractivity contribution < 1.29 is 22.7 Å². The van der Waals surface area contributed by atoms with Crippen molar-refractivity contribution in [3.63, 3.8) is 0 Å². The summed E-state index contributed by atoms with van der Waals surface area (Å²) in [6, 6.07) is 17.4. The first-order valence-electron chi connectivity index (χ1n) is 10.3. The molecule has 3 aromatic rings. The van der Waals surface area contributed by atoms with Gasteiger partial charge in [-0.05, 0) is 85.6 Å². The number of sulfonamides is 1. The Bertz CT molecular complexity index is 1310. The summed E-state index contributed by atoms with van der Waals surface area (Å²) in [7, 11) is -3.73. The highest BCUT2D eigenvalue weighted by Crippen LogP contribution is 2.34. The van der Waals surface area contributed by atoms with Gasteiger partial charge in [-0.3, -0.25) is 9.10 Å². The van der Waals surface area contributed by atoms with E-state index in [9.17, 15) is 18.0 Å². The molecule has 1 N–H and O–H groups in total. The standard InChI is InChI=1S/C24H21ClN2O5S/c1-2-32-24(29)16-3-8-20(9-4-16)26-23(28)18-5-12-22-17(15-18)13-14-27(22)33(30,31)21-10-6-19(25)7-11-21/h3-12,15H,2,13-14H2,1H3,(H,26,28). The van der Waals surface area contributed by atoms with Crippen LogP contribution < -0.4 is 9.62 Å². The molecule has 0 aliphatic carbocycles. The maximum atomic E-state index is 13.1. The second kappa shape index (κ2) is 9.25. The fraction of sp³-hybridized carbons (Fsp3) is 0.167. The number of rotatable bonds is 6. The van der Waals surface area contributed by atoms with Gasteiger partial charge in [0.15, 0.2) is 0 Å². The van der Waals surface area contributed by atoms with E-state index in [2.05, 4.69) is 5.32 Å². The minimum atomic E-state index is -3.73. The molecule has 1 amide bonds. The first-order valence-corrected chi connectivity index (χ1v) is 12.1. The Morgan fingerprint density at radius 3 is 2.33 bits per heavy atom. The number of halogens is 1. The summed E-state index contributed by atoms with van der Waals surface area (Å²) in [5, 5.41) is 3.24. The van der Waals surface area contributed by atoms with Crippen molar-refractivity contribution in [3.05, 3.63) is 88.4 Å². The van der Waals surface area contributed by atoms with Gasteiger partial charge in [0.2, 0.25) is 0 Å². The Labute approximate surface area is 197 Å². The fourth-order valence-electron chi connectivity index (χ4n) is 3.60. The molecule has 0 spiro atoms. The Morgan fingerprint density at radius 1 is 1.00 bits per heavy atom. The van der Waals surface area contributed by atoms with Gasteiger partial charge in [-0.1, -0.05) is 11.6 Å². The summed E-state index contributed by atoms with van der Waals surface area (Å²) in [4.78, 5) is 24.6. The molecule has 0 unspecified atom stereocenters. The number of fused-ring (bicyclic) bond motifs is 1. The number of carbonyl (C=O) groups excluding carboxylic acids is 2. The highest BCUT2D eigenvalue weighted by molar-refractivity contribution is 7.92. The molecule has 0 aromatic heterocycles. The lowest BCUT2D eigenvalue weighted by Crippen LogP contribution is -2.29. The van der Waals surface area contributed by atoms with Crippen LogP contribution in [-0.2, 0) is 21.2 Å². The van der Waals surface area contributed by atoms with Crippen molar-refractivity contribution in [1.29, 1.82) is 0 Å². The summed E-state index contributed by atoms with van der Waals surface area (Å²) in [5.74, 6) is -0.757. The summed E-state index contributed by atoms with van der Waals surface area (Å²) >= 11 is 5.87. The molecule has 0 bridgehead atoms. The first kappa shape index (κ1) is 22.8. The van der Waals surface area contributed by atoms with Crippen LogP contribution in [0.4, 0.5) is 11.4 Å². The van der Waals surface area contributed by atoms with Crippen molar-refractivity contribution in [2.75, 3.05) is 22.8 Å². The molecular weight excluding hydrogens is 464 g/mol. The fourth-order valence-corrected chi connectivity index (χ4v) is 5.23. The van der Waals surface area contributed by atoms with Crippen LogP contribution in [0.5, 0.6) is 0 Å². The van der Waals surface area contributed by atoms with E-state index in [1.165, 1.54) is 28.6 Å². The Morgan fingerprint density at radius 2 is 1.67 bits per heavy atom. The Kier molecular flexibility index (Phi) is 6.40. The van der Waals surface area contributed by atoms with Gasteiger partial charge in [0.05, 0.1) is 22.8 Å². The highest BCUT2D eigenvalue weighted by Gasteiger charge is 2.31. The molecule has 33 heavy (non-hydrogen) atoms. The van der Waals surface area contributed by atoms with Gasteiger partial charge >= 0.3 is 5.97 Å². The molecule has 1 heterocycles. The van der Waals surface area contributed by atoms with E-state index in [1.807, 2.05) is 0 Å². The summed E-state index contributed by atoms with van der Waals surface area (Å²) in [6.45, 7) is 2.31. The zero-order chi connectivity index (χ0) is 23.6. The number of amides is 1. The van der Waals surface area contributed by atoms with Crippen molar-refractivity contribution in [2.45, 2.75) is 18.2 Å².